The number of aromatic nitrogens is 1. The number of benzene rings is 2. The molecule has 140 valence electrons. The lowest BCUT2D eigenvalue weighted by atomic mass is 10.1. The van der Waals surface area contributed by atoms with Crippen molar-refractivity contribution in [2.24, 2.45) is 0 Å². The van der Waals surface area contributed by atoms with Crippen LogP contribution in [0.5, 0.6) is 5.75 Å². The molecule has 0 atom stereocenters. The molecule has 0 radical (unpaired) electrons. The van der Waals surface area contributed by atoms with Crippen molar-refractivity contribution in [2.75, 3.05) is 7.11 Å². The molecule has 0 saturated carbocycles. The minimum Gasteiger partial charge on any atom is -0.496 e. The van der Waals surface area contributed by atoms with Crippen molar-refractivity contribution in [1.82, 2.24) is 4.57 Å². The maximum atomic E-state index is 10.9. The quantitative estimate of drug-likeness (QED) is 0.544. The fourth-order valence-corrected chi connectivity index (χ4v) is 3.68. The Morgan fingerprint density at radius 2 is 2.07 bits per heavy atom. The van der Waals surface area contributed by atoms with Crippen LogP contribution in [0.15, 0.2) is 30.3 Å². The van der Waals surface area contributed by atoms with Gasteiger partial charge in [0.2, 0.25) is 0 Å². The van der Waals surface area contributed by atoms with Gasteiger partial charge in [0.15, 0.2) is 0 Å². The number of nitriles is 1. The van der Waals surface area contributed by atoms with E-state index in [9.17, 15) is 4.79 Å². The Morgan fingerprint density at radius 3 is 2.78 bits per heavy atom. The minimum atomic E-state index is -0.805. The summed E-state index contributed by atoms with van der Waals surface area (Å²) in [5.41, 5.74) is 3.00. The van der Waals surface area contributed by atoms with E-state index in [4.69, 9.17) is 26.7 Å². The van der Waals surface area contributed by atoms with Crippen LogP contribution in [0.25, 0.3) is 21.8 Å². The van der Waals surface area contributed by atoms with Crippen LogP contribution in [-0.2, 0) is 17.8 Å². The highest BCUT2D eigenvalue weighted by atomic mass is 35.5. The Balaban J connectivity index is 2.15. The van der Waals surface area contributed by atoms with E-state index >= 15 is 0 Å². The molecule has 0 unspecified atom stereocenters. The van der Waals surface area contributed by atoms with Crippen LogP contribution < -0.4 is 4.74 Å². The summed E-state index contributed by atoms with van der Waals surface area (Å²) in [5.74, 6) is -0.0860. The summed E-state index contributed by atoms with van der Waals surface area (Å²) in [6, 6.07) is 12.0. The molecule has 3 rings (SSSR count). The molecule has 0 aliphatic heterocycles. The molecule has 27 heavy (non-hydrogen) atoms. The number of methoxy groups -OCH3 is 1. The van der Waals surface area contributed by atoms with Crippen LogP contribution in [0, 0.1) is 11.3 Å². The van der Waals surface area contributed by atoms with Crippen molar-refractivity contribution >= 4 is 39.4 Å². The predicted molar refractivity (Wildman–Crippen MR) is 106 cm³/mol. The molecule has 0 spiro atoms. The van der Waals surface area contributed by atoms with Crippen LogP contribution in [0.4, 0.5) is 0 Å². The van der Waals surface area contributed by atoms with E-state index in [0.29, 0.717) is 17.9 Å². The molecule has 0 aliphatic carbocycles. The van der Waals surface area contributed by atoms with Crippen molar-refractivity contribution in [1.29, 1.82) is 5.26 Å². The number of carboxylic acids is 1. The van der Waals surface area contributed by atoms with Crippen LogP contribution in [0.2, 0.25) is 5.02 Å². The molecule has 1 heterocycles. The van der Waals surface area contributed by atoms with E-state index in [-0.39, 0.29) is 6.42 Å². The number of rotatable bonds is 8. The molecule has 1 aromatic heterocycles. The highest BCUT2D eigenvalue weighted by Gasteiger charge is 2.16. The second-order valence-corrected chi connectivity index (χ2v) is 6.95. The summed E-state index contributed by atoms with van der Waals surface area (Å²) in [6.07, 6.45) is 2.82. The fraction of sp³-hybridized carbons (Fsp3) is 0.333. The zero-order chi connectivity index (χ0) is 19.4. The summed E-state index contributed by atoms with van der Waals surface area (Å²) in [4.78, 5) is 10.9. The summed E-state index contributed by atoms with van der Waals surface area (Å²) in [6.45, 7) is 0.758. The Hall–Kier alpha value is -2.71. The number of fused-ring (bicyclic) bond motifs is 3. The van der Waals surface area contributed by atoms with E-state index in [1.807, 2.05) is 24.3 Å². The molecule has 5 nitrogen and oxygen atoms in total. The van der Waals surface area contributed by atoms with Gasteiger partial charge in [-0.3, -0.25) is 4.79 Å². The second-order valence-electron chi connectivity index (χ2n) is 6.51. The van der Waals surface area contributed by atoms with E-state index in [0.717, 1.165) is 52.5 Å². The number of carboxylic acid groups (broad SMARTS) is 1. The number of ether oxygens (including phenoxy) is 1. The molecule has 1 N–H and O–H groups in total. The van der Waals surface area contributed by atoms with Gasteiger partial charge in [0.05, 0.1) is 18.7 Å². The Labute approximate surface area is 162 Å². The van der Waals surface area contributed by atoms with Crippen molar-refractivity contribution in [3.05, 3.63) is 40.9 Å². The molecule has 2 aromatic carbocycles. The maximum Gasteiger partial charge on any atom is 0.303 e. The number of unbranched alkanes of at least 4 members (excludes halogenated alkanes) is 2. The van der Waals surface area contributed by atoms with Crippen molar-refractivity contribution in [3.63, 3.8) is 0 Å². The highest BCUT2D eigenvalue weighted by molar-refractivity contribution is 6.32. The van der Waals surface area contributed by atoms with E-state index in [2.05, 4.69) is 16.7 Å². The Kier molecular flexibility index (Phi) is 5.88. The third-order valence-corrected chi connectivity index (χ3v) is 4.95. The summed E-state index contributed by atoms with van der Waals surface area (Å²) in [7, 11) is 1.63. The average Bonchev–Trinajstić information content (AvgIpc) is 2.95. The number of aryl methyl sites for hydroxylation is 2. The van der Waals surface area contributed by atoms with E-state index in [1.54, 1.807) is 7.11 Å². The van der Waals surface area contributed by atoms with Gasteiger partial charge in [-0.05, 0) is 43.0 Å². The number of nitrogens with zero attached hydrogens (tertiary/aromatic N) is 2. The second kappa shape index (κ2) is 8.32. The third kappa shape index (κ3) is 4.01. The number of halogens is 1. The van der Waals surface area contributed by atoms with Crippen LogP contribution >= 0.6 is 11.6 Å². The largest absolute Gasteiger partial charge is 0.496 e. The number of hydrogen-bond donors (Lipinski definition) is 1. The van der Waals surface area contributed by atoms with Gasteiger partial charge in [0, 0.05) is 40.7 Å². The monoisotopic (exact) mass is 384 g/mol. The lowest BCUT2D eigenvalue weighted by molar-refractivity contribution is -0.136. The lowest BCUT2D eigenvalue weighted by Crippen LogP contribution is -2.00. The van der Waals surface area contributed by atoms with Gasteiger partial charge in [-0.25, -0.2) is 0 Å². The zero-order valence-electron chi connectivity index (χ0n) is 15.2. The van der Waals surface area contributed by atoms with E-state index < -0.39 is 5.97 Å². The van der Waals surface area contributed by atoms with Gasteiger partial charge in [-0.1, -0.05) is 23.7 Å². The van der Waals surface area contributed by atoms with Crippen molar-refractivity contribution in [3.8, 4) is 11.8 Å². The molecule has 0 amide bonds. The van der Waals surface area contributed by atoms with Gasteiger partial charge in [0.1, 0.15) is 5.75 Å². The molecule has 0 fully saturated rings. The van der Waals surface area contributed by atoms with Gasteiger partial charge < -0.3 is 14.4 Å². The van der Waals surface area contributed by atoms with Gasteiger partial charge in [-0.2, -0.15) is 5.26 Å². The smallest absolute Gasteiger partial charge is 0.303 e. The molecular weight excluding hydrogens is 364 g/mol. The third-order valence-electron chi connectivity index (χ3n) is 4.73. The van der Waals surface area contributed by atoms with Crippen molar-refractivity contribution in [2.45, 2.75) is 38.6 Å². The molecular formula is C21H21ClN2O3. The van der Waals surface area contributed by atoms with Crippen LogP contribution in [0.3, 0.4) is 0 Å². The number of carbonyl (C=O) groups is 1. The van der Waals surface area contributed by atoms with Gasteiger partial charge >= 0.3 is 5.97 Å². The first-order chi connectivity index (χ1) is 13.0. The van der Waals surface area contributed by atoms with Gasteiger partial charge in [0.25, 0.3) is 0 Å². The summed E-state index contributed by atoms with van der Waals surface area (Å²) >= 11 is 6.30. The summed E-state index contributed by atoms with van der Waals surface area (Å²) < 4.78 is 7.76. The SMILES string of the molecule is COc1cc(Cl)cc2c1c1ccc(CCC(=O)O)cc1n2CCCCC#N. The van der Waals surface area contributed by atoms with Crippen LogP contribution in [0.1, 0.15) is 31.2 Å². The minimum absolute atomic E-state index is 0.100. The first-order valence-corrected chi connectivity index (χ1v) is 9.30. The number of hydrogen-bond acceptors (Lipinski definition) is 3. The Morgan fingerprint density at radius 1 is 1.26 bits per heavy atom. The molecule has 0 saturated heterocycles. The fourth-order valence-electron chi connectivity index (χ4n) is 3.48. The summed E-state index contributed by atoms with van der Waals surface area (Å²) in [5, 5.41) is 20.4. The molecule has 0 bridgehead atoms. The first-order valence-electron chi connectivity index (χ1n) is 8.92. The molecule has 3 aromatic rings. The Bertz CT molecular complexity index is 1030. The molecule has 6 heteroatoms. The normalized spacial score (nSPS) is 11.0. The average molecular weight is 385 g/mol. The first kappa shape index (κ1) is 19.1. The van der Waals surface area contributed by atoms with Crippen molar-refractivity contribution < 1.29 is 14.6 Å². The van der Waals surface area contributed by atoms with Crippen LogP contribution in [-0.4, -0.2) is 22.8 Å². The zero-order valence-corrected chi connectivity index (χ0v) is 15.9. The number of aliphatic carboxylic acids is 1. The lowest BCUT2D eigenvalue weighted by Gasteiger charge is -2.09. The van der Waals surface area contributed by atoms with E-state index in [1.165, 1.54) is 0 Å². The standard InChI is InChI=1S/C21H21ClN2O3/c1-27-19-13-15(22)12-18-21(19)16-7-5-14(6-8-20(25)26)11-17(16)24(18)10-4-2-3-9-23/h5,7,11-13H,2-4,6,8,10H2,1H3,(H,25,26). The maximum absolute atomic E-state index is 10.9. The molecule has 0 aliphatic rings. The van der Waals surface area contributed by atoms with Gasteiger partial charge in [-0.15, -0.1) is 0 Å². The topological polar surface area (TPSA) is 75.2 Å². The highest BCUT2D eigenvalue weighted by Crippen LogP contribution is 2.38. The predicted octanol–water partition coefficient (Wildman–Crippen LogP) is 5.17.